The number of rotatable bonds is 12. The molecule has 0 aliphatic carbocycles. The summed E-state index contributed by atoms with van der Waals surface area (Å²) in [7, 11) is 0. The molecule has 0 saturated carbocycles. The van der Waals surface area contributed by atoms with Crippen LogP contribution in [0.4, 0.5) is 0 Å². The monoisotopic (exact) mass is 934 g/mol. The molecule has 4 aromatic carbocycles. The molecule has 4 aromatic heterocycles. The Bertz CT molecular complexity index is 3610. The van der Waals surface area contributed by atoms with E-state index in [0.29, 0.717) is 72.8 Å². The summed E-state index contributed by atoms with van der Waals surface area (Å²) in [6.45, 7) is 7.23. The van der Waals surface area contributed by atoms with E-state index in [2.05, 4.69) is 19.9 Å². The van der Waals surface area contributed by atoms with Crippen molar-refractivity contribution in [1.82, 2.24) is 30.1 Å². The number of amides is 2. The second kappa shape index (κ2) is 18.5. The van der Waals surface area contributed by atoms with Gasteiger partial charge in [-0.15, -0.1) is 5.17 Å². The van der Waals surface area contributed by atoms with Gasteiger partial charge in [-0.1, -0.05) is 48.5 Å². The van der Waals surface area contributed by atoms with Crippen LogP contribution < -0.4 is 21.4 Å². The highest BCUT2D eigenvalue weighted by Crippen LogP contribution is 2.29. The Morgan fingerprint density at radius 3 is 0.986 bits per heavy atom. The van der Waals surface area contributed by atoms with Gasteiger partial charge in [0.25, 0.3) is 12.3 Å². The Labute approximate surface area is 399 Å². The first-order valence-electron chi connectivity index (χ1n) is 22.2. The molecule has 1 aliphatic heterocycles. The number of hydroxylamine groups is 1. The molecule has 0 atom stereocenters. The molecule has 0 saturated heterocycles. The van der Waals surface area contributed by atoms with Gasteiger partial charge in [-0.05, 0) is 147 Å². The minimum absolute atomic E-state index is 0.122. The zero-order chi connectivity index (χ0) is 49.4. The number of hydrazine groups is 1. The second-order valence-electron chi connectivity index (χ2n) is 17.5. The molecule has 15 heteroatoms. The van der Waals surface area contributed by atoms with Crippen LogP contribution in [-0.4, -0.2) is 87.8 Å². The third kappa shape index (κ3) is 8.99. The molecule has 9 rings (SSSR count). The van der Waals surface area contributed by atoms with E-state index < -0.39 is 29.4 Å². The summed E-state index contributed by atoms with van der Waals surface area (Å²) < 4.78 is 0. The van der Waals surface area contributed by atoms with Gasteiger partial charge < -0.3 is 35.3 Å². The molecule has 350 valence electrons. The Morgan fingerprint density at radius 1 is 0.457 bits per heavy atom. The number of hydrogen-bond donors (Lipinski definition) is 7. The summed E-state index contributed by atoms with van der Waals surface area (Å²) in [5, 5.41) is 34.2. The Hall–Kier alpha value is -9.21. The number of aromatic carboxylic acids is 3. The second-order valence-corrected chi connectivity index (χ2v) is 17.5. The lowest BCUT2D eigenvalue weighted by Crippen LogP contribution is -2.48. The van der Waals surface area contributed by atoms with Crippen LogP contribution in [0, 0.1) is 0 Å². The summed E-state index contributed by atoms with van der Waals surface area (Å²) in [5.74, 6) is -3.63. The molecular formula is C55H46N6O9. The smallest absolute Gasteiger partial charge is 0.335 e. The van der Waals surface area contributed by atoms with Crippen LogP contribution >= 0.6 is 0 Å². The number of carboxylic acid groups (broad SMARTS) is 3. The first kappa shape index (κ1) is 45.9. The number of hydrogen-bond acceptors (Lipinski definition) is 6. The Balaban J connectivity index is 1.32. The molecule has 1 aliphatic rings. The van der Waals surface area contributed by atoms with Gasteiger partial charge in [-0.2, -0.15) is 0 Å². The molecule has 5 heterocycles. The SMILES string of the molecule is CCN(C(=O)c1ccc(C2=c3ccc([nH]3)=C(c3ccc(C(=O)O)cc3)c3ccc([nH]3)C(c3ccc(C(=O)O)cc3)=c3ccc([nH]3)=C(c3ccc(C(=O)O)cc3)c3ccc2[nH]3)cc1)N(C=O)OC(C)(C)C. The third-order valence-electron chi connectivity index (χ3n) is 11.8. The van der Waals surface area contributed by atoms with Gasteiger partial charge in [-0.3, -0.25) is 9.59 Å². The van der Waals surface area contributed by atoms with Crippen molar-refractivity contribution in [1.29, 1.82) is 0 Å². The topological polar surface area (TPSA) is 225 Å². The summed E-state index contributed by atoms with van der Waals surface area (Å²) >= 11 is 0. The fourth-order valence-corrected chi connectivity index (χ4v) is 8.62. The summed E-state index contributed by atoms with van der Waals surface area (Å²) in [5.41, 5.74) is 8.40. The average molecular weight is 935 g/mol. The van der Waals surface area contributed by atoms with Gasteiger partial charge in [0.1, 0.15) is 0 Å². The van der Waals surface area contributed by atoms with Crippen molar-refractivity contribution >= 4 is 52.5 Å². The van der Waals surface area contributed by atoms with E-state index >= 15 is 0 Å². The number of nitrogens with one attached hydrogen (secondary N) is 4. The molecule has 8 aromatic rings. The zero-order valence-electron chi connectivity index (χ0n) is 38.3. The van der Waals surface area contributed by atoms with E-state index in [4.69, 9.17) is 4.84 Å². The van der Waals surface area contributed by atoms with E-state index in [1.54, 1.807) is 113 Å². The molecule has 0 radical (unpaired) electrons. The number of H-pyrrole nitrogens is 4. The highest BCUT2D eigenvalue weighted by Gasteiger charge is 2.26. The Kier molecular flexibility index (Phi) is 12.1. The summed E-state index contributed by atoms with van der Waals surface area (Å²) in [6.07, 6.45) is 0.458. The van der Waals surface area contributed by atoms with Crippen molar-refractivity contribution in [3.63, 3.8) is 0 Å². The maximum absolute atomic E-state index is 13.9. The fraction of sp³-hybridized carbons (Fsp3) is 0.109. The van der Waals surface area contributed by atoms with E-state index in [1.807, 2.05) is 60.7 Å². The first-order valence-corrected chi connectivity index (χ1v) is 22.2. The molecular weight excluding hydrogens is 889 g/mol. The van der Waals surface area contributed by atoms with Crippen LogP contribution in [0.1, 0.15) is 114 Å². The van der Waals surface area contributed by atoms with Gasteiger partial charge >= 0.3 is 17.9 Å². The number of carbonyl (C=O) groups is 5. The van der Waals surface area contributed by atoms with E-state index in [-0.39, 0.29) is 23.2 Å². The predicted octanol–water partition coefficient (Wildman–Crippen LogP) is 5.96. The van der Waals surface area contributed by atoms with Gasteiger partial charge in [0.2, 0.25) is 0 Å². The summed E-state index contributed by atoms with van der Waals surface area (Å²) in [4.78, 5) is 82.3. The minimum atomic E-state index is -1.06. The molecule has 0 spiro atoms. The van der Waals surface area contributed by atoms with E-state index in [0.717, 1.165) is 33.0 Å². The van der Waals surface area contributed by atoms with Crippen LogP contribution in [0.15, 0.2) is 146 Å². The van der Waals surface area contributed by atoms with Crippen LogP contribution in [0.3, 0.4) is 0 Å². The van der Waals surface area contributed by atoms with Crippen LogP contribution in [0.2, 0.25) is 0 Å². The number of aromatic nitrogens is 4. The highest BCUT2D eigenvalue weighted by molar-refractivity contribution is 5.95. The quantitative estimate of drug-likeness (QED) is 0.0566. The molecule has 0 fully saturated rings. The van der Waals surface area contributed by atoms with Crippen molar-refractivity contribution < 1.29 is 44.1 Å². The van der Waals surface area contributed by atoms with Crippen LogP contribution in [0.5, 0.6) is 0 Å². The van der Waals surface area contributed by atoms with E-state index in [1.165, 1.54) is 5.01 Å². The molecule has 70 heavy (non-hydrogen) atoms. The number of carboxylic acids is 3. The first-order chi connectivity index (χ1) is 33.6. The van der Waals surface area contributed by atoms with Crippen molar-refractivity contribution in [3.8, 4) is 0 Å². The number of carbonyl (C=O) groups excluding carboxylic acids is 2. The number of nitrogens with zero attached hydrogens (tertiary/aromatic N) is 2. The van der Waals surface area contributed by atoms with E-state index in [9.17, 15) is 39.3 Å². The zero-order valence-corrected chi connectivity index (χ0v) is 38.3. The molecule has 7 N–H and O–H groups in total. The average Bonchev–Trinajstić information content (AvgIpc) is 4.20. The predicted molar refractivity (Wildman–Crippen MR) is 260 cm³/mol. The maximum atomic E-state index is 13.9. The maximum Gasteiger partial charge on any atom is 0.335 e. The van der Waals surface area contributed by atoms with Crippen molar-refractivity contribution in [2.45, 2.75) is 33.3 Å². The van der Waals surface area contributed by atoms with Gasteiger partial charge in [0, 0.05) is 78.6 Å². The van der Waals surface area contributed by atoms with Gasteiger partial charge in [0.15, 0.2) is 0 Å². The van der Waals surface area contributed by atoms with Crippen molar-refractivity contribution in [2.24, 2.45) is 0 Å². The lowest BCUT2D eigenvalue weighted by molar-refractivity contribution is -0.283. The largest absolute Gasteiger partial charge is 0.478 e. The Morgan fingerprint density at radius 2 is 0.743 bits per heavy atom. The summed E-state index contributed by atoms with van der Waals surface area (Å²) in [6, 6.07) is 42.3. The van der Waals surface area contributed by atoms with Gasteiger partial charge in [0.05, 0.1) is 22.3 Å². The number of fused-ring (bicyclic) bond motifs is 8. The molecule has 15 nitrogen and oxygen atoms in total. The standard InChI is InChI=1S/C55H46N6O9/c1-5-60(61(30-62)70-55(2,3)4)51(63)35-14-6-31(7-15-35)47-39-22-24-41(56-39)48(32-8-16-36(17-9-32)52(64)65)43-26-28-45(58-43)50(34-12-20-38(21-13-34)54(68)69)46-29-27-44(59-46)49(42-25-23-40(47)57-42)33-10-18-37(19-11-33)53(66)67/h6-30,56-59H,5H2,1-4H3,(H,64,65)(H,66,67)(H,68,69). The lowest BCUT2D eigenvalue weighted by atomic mass is 10.0. The molecule has 0 unspecified atom stereocenters. The molecule has 8 bridgehead atoms. The lowest BCUT2D eigenvalue weighted by Gasteiger charge is -2.34. The van der Waals surface area contributed by atoms with Gasteiger partial charge in [-0.25, -0.2) is 24.2 Å². The number of aromatic amines is 4. The fourth-order valence-electron chi connectivity index (χ4n) is 8.62. The third-order valence-corrected chi connectivity index (χ3v) is 11.8. The molecule has 2 amide bonds. The van der Waals surface area contributed by atoms with Crippen molar-refractivity contribution in [2.75, 3.05) is 6.54 Å². The number of benzene rings is 4. The normalized spacial score (nSPS) is 12.5. The van der Waals surface area contributed by atoms with Crippen LogP contribution in [0.25, 0.3) is 22.3 Å². The highest BCUT2D eigenvalue weighted by atomic mass is 16.7. The van der Waals surface area contributed by atoms with Crippen LogP contribution in [-0.2, 0) is 9.63 Å². The minimum Gasteiger partial charge on any atom is -0.478 e. The van der Waals surface area contributed by atoms with Crippen molar-refractivity contribution in [3.05, 3.63) is 234 Å².